The van der Waals surface area contributed by atoms with Crippen LogP contribution in [0.4, 0.5) is 11.4 Å². The number of para-hydroxylation sites is 1. The first-order valence-corrected chi connectivity index (χ1v) is 16.8. The molecule has 4 aromatic carbocycles. The largest absolute Gasteiger partial charge is 3.00 e. The normalized spacial score (nSPS) is 11.0. The van der Waals surface area contributed by atoms with Gasteiger partial charge in [0, 0.05) is 11.3 Å². The summed E-state index contributed by atoms with van der Waals surface area (Å²) >= 11 is 0. The number of benzene rings is 4. The molecule has 0 fully saturated rings. The fourth-order valence-electron chi connectivity index (χ4n) is 5.50. The van der Waals surface area contributed by atoms with Gasteiger partial charge in [0.2, 0.25) is 0 Å². The topological polar surface area (TPSA) is 69.3 Å². The van der Waals surface area contributed by atoms with Crippen LogP contribution in [-0.2, 0) is 32.7 Å². The van der Waals surface area contributed by atoms with Crippen LogP contribution in [0.1, 0.15) is 84.6 Å². The zero-order valence-corrected chi connectivity index (χ0v) is 33.5. The van der Waals surface area contributed by atoms with Crippen LogP contribution in [0.2, 0.25) is 0 Å². The maximum absolute atomic E-state index is 5.35. The SMILES string of the molecule is C[N-]C.C[N-]C.Cc1ccc(C)c([N-]C(c2ccccc2)c2ccccc2-c2cccc(C[N-]c3c(C(C)C)cccc3C(C)C)n2)c1.[Zr+3]. The van der Waals surface area contributed by atoms with Crippen LogP contribution < -0.4 is 0 Å². The Balaban J connectivity index is 0.00000111. The van der Waals surface area contributed by atoms with Crippen LogP contribution in [0.15, 0.2) is 109 Å². The fraction of sp³-hybridized carbons (Fsp3) is 0.326. The molecule has 6 heteroatoms. The number of rotatable bonds is 10. The van der Waals surface area contributed by atoms with Gasteiger partial charge in [-0.2, -0.15) is 28.2 Å². The Morgan fingerprint density at radius 1 is 0.612 bits per heavy atom. The van der Waals surface area contributed by atoms with Gasteiger partial charge in [0.05, 0.1) is 5.69 Å². The van der Waals surface area contributed by atoms with E-state index >= 15 is 0 Å². The first kappa shape index (κ1) is 41.6. The van der Waals surface area contributed by atoms with Crippen molar-refractivity contribution in [2.24, 2.45) is 0 Å². The number of aryl methyl sites for hydroxylation is 2. The smallest absolute Gasteiger partial charge is 0.679 e. The van der Waals surface area contributed by atoms with Crippen LogP contribution in [-0.4, -0.2) is 33.2 Å². The Morgan fingerprint density at radius 3 is 1.78 bits per heavy atom. The van der Waals surface area contributed by atoms with Crippen molar-refractivity contribution < 1.29 is 26.2 Å². The van der Waals surface area contributed by atoms with Crippen LogP contribution in [0, 0.1) is 13.8 Å². The fourth-order valence-corrected chi connectivity index (χ4v) is 5.50. The molecule has 0 saturated heterocycles. The van der Waals surface area contributed by atoms with Crippen molar-refractivity contribution >= 4 is 11.4 Å². The Labute approximate surface area is 315 Å². The Morgan fingerprint density at radius 2 is 1.16 bits per heavy atom. The molecule has 1 aromatic heterocycles. The van der Waals surface area contributed by atoms with Gasteiger partial charge in [-0.1, -0.05) is 165 Å². The molecule has 0 amide bonds. The third-order valence-corrected chi connectivity index (χ3v) is 7.83. The van der Waals surface area contributed by atoms with Gasteiger partial charge in [-0.05, 0) is 43.4 Å². The third kappa shape index (κ3) is 12.1. The first-order chi connectivity index (χ1) is 23.1. The van der Waals surface area contributed by atoms with Gasteiger partial charge in [-0.15, -0.1) is 11.4 Å². The molecule has 5 nitrogen and oxygen atoms in total. The molecule has 0 aliphatic rings. The molecule has 49 heavy (non-hydrogen) atoms. The summed E-state index contributed by atoms with van der Waals surface area (Å²) in [5.41, 5.74) is 12.4. The standard InChI is InChI=1S/C39H41N3.2C2H6N.Zr/c1-26(2)32-19-13-20-33(27(3)4)39(32)40-25-31-16-12-21-36(41-31)34-17-10-11-18-35(34)38(30-14-8-7-9-15-30)42-37-24-28(5)22-23-29(37)6;2*1-3-2;/h7-24,26-27,38H,25H2,1-6H3;2*1-2H3;/q-2;2*-1;+3. The Hall–Kier alpha value is -3.57. The van der Waals surface area contributed by atoms with Gasteiger partial charge in [-0.3, -0.25) is 4.98 Å². The molecule has 1 heterocycles. The molecule has 1 unspecified atom stereocenters. The van der Waals surface area contributed by atoms with Crippen molar-refractivity contribution in [1.29, 1.82) is 0 Å². The van der Waals surface area contributed by atoms with Gasteiger partial charge >= 0.3 is 26.2 Å². The molecule has 255 valence electrons. The van der Waals surface area contributed by atoms with E-state index in [0.29, 0.717) is 18.4 Å². The number of nitrogens with zero attached hydrogens (tertiary/aromatic N) is 5. The minimum atomic E-state index is -0.162. The van der Waals surface area contributed by atoms with E-state index in [1.54, 1.807) is 28.2 Å². The van der Waals surface area contributed by atoms with Gasteiger partial charge in [0.1, 0.15) is 0 Å². The van der Waals surface area contributed by atoms with Crippen molar-refractivity contribution in [1.82, 2.24) is 4.98 Å². The third-order valence-electron chi connectivity index (χ3n) is 7.83. The second-order valence-electron chi connectivity index (χ2n) is 12.6. The monoisotopic (exact) mass is 729 g/mol. The van der Waals surface area contributed by atoms with Crippen molar-refractivity contribution in [2.45, 2.75) is 66.0 Å². The van der Waals surface area contributed by atoms with Crippen LogP contribution in [0.3, 0.4) is 0 Å². The molecule has 0 bridgehead atoms. The van der Waals surface area contributed by atoms with E-state index in [1.807, 2.05) is 0 Å². The summed E-state index contributed by atoms with van der Waals surface area (Å²) in [6.45, 7) is 13.7. The van der Waals surface area contributed by atoms with E-state index in [2.05, 4.69) is 161 Å². The van der Waals surface area contributed by atoms with E-state index in [1.165, 1.54) is 22.3 Å². The molecule has 5 rings (SSSR count). The van der Waals surface area contributed by atoms with Gasteiger partial charge in [0.25, 0.3) is 0 Å². The Bertz CT molecular complexity index is 1660. The van der Waals surface area contributed by atoms with Crippen molar-refractivity contribution in [2.75, 3.05) is 28.2 Å². The minimum absolute atomic E-state index is 0. The molecule has 0 spiro atoms. The van der Waals surface area contributed by atoms with Crippen molar-refractivity contribution in [3.05, 3.63) is 170 Å². The summed E-state index contributed by atoms with van der Waals surface area (Å²) in [5, 5.41) is 17.5. The van der Waals surface area contributed by atoms with Crippen LogP contribution in [0.25, 0.3) is 32.5 Å². The van der Waals surface area contributed by atoms with E-state index in [9.17, 15) is 0 Å². The number of hydrogen-bond donors (Lipinski definition) is 0. The molecular formula is C43H53N5Zr-. The second-order valence-corrected chi connectivity index (χ2v) is 12.6. The predicted octanol–water partition coefficient (Wildman–Crippen LogP) is 12.8. The van der Waals surface area contributed by atoms with Gasteiger partial charge in [-0.25, -0.2) is 0 Å². The summed E-state index contributed by atoms with van der Waals surface area (Å²) in [6, 6.07) is 38.3. The van der Waals surface area contributed by atoms with Crippen LogP contribution in [0.5, 0.6) is 0 Å². The molecule has 0 saturated carbocycles. The predicted molar refractivity (Wildman–Crippen MR) is 209 cm³/mol. The van der Waals surface area contributed by atoms with Crippen molar-refractivity contribution in [3.8, 4) is 11.3 Å². The molecule has 5 aromatic rings. The number of pyridine rings is 1. The van der Waals surface area contributed by atoms with E-state index in [-0.39, 0.29) is 32.2 Å². The molecular weight excluding hydrogens is 678 g/mol. The van der Waals surface area contributed by atoms with E-state index in [4.69, 9.17) is 15.6 Å². The quantitative estimate of drug-likeness (QED) is 0.141. The Kier molecular flexibility index (Phi) is 18.3. The maximum Gasteiger partial charge on any atom is 3.00 e. The van der Waals surface area contributed by atoms with E-state index < -0.39 is 0 Å². The summed E-state index contributed by atoms with van der Waals surface area (Å²) in [5.74, 6) is 0.814. The average molecular weight is 731 g/mol. The summed E-state index contributed by atoms with van der Waals surface area (Å²) in [7, 11) is 7.00. The zero-order valence-electron chi connectivity index (χ0n) is 31.1. The van der Waals surface area contributed by atoms with Gasteiger partial charge in [0.15, 0.2) is 0 Å². The minimum Gasteiger partial charge on any atom is -0.679 e. The van der Waals surface area contributed by atoms with Gasteiger partial charge < -0.3 is 21.3 Å². The zero-order chi connectivity index (χ0) is 35.1. The maximum atomic E-state index is 5.35. The number of aromatic nitrogens is 1. The molecule has 1 atom stereocenters. The van der Waals surface area contributed by atoms with E-state index in [0.717, 1.165) is 39.5 Å². The number of hydrogen-bond acceptors (Lipinski definition) is 1. The van der Waals surface area contributed by atoms with Crippen LogP contribution >= 0.6 is 0 Å². The molecule has 0 aliphatic carbocycles. The summed E-state index contributed by atoms with van der Waals surface area (Å²) in [4.78, 5) is 5.15. The first-order valence-electron chi connectivity index (χ1n) is 16.8. The summed E-state index contributed by atoms with van der Waals surface area (Å²) in [6.07, 6.45) is 0. The molecule has 0 N–H and O–H groups in total. The summed E-state index contributed by atoms with van der Waals surface area (Å²) < 4.78 is 0. The van der Waals surface area contributed by atoms with Crippen molar-refractivity contribution in [3.63, 3.8) is 0 Å². The average Bonchev–Trinajstić information content (AvgIpc) is 3.08. The second kappa shape index (κ2) is 21.5. The molecule has 0 aliphatic heterocycles. The molecule has 1 radical (unpaired) electrons.